The average molecular weight is 694 g/mol. The van der Waals surface area contributed by atoms with Gasteiger partial charge in [0.15, 0.2) is 0 Å². The molecule has 0 aliphatic heterocycles. The zero-order chi connectivity index (χ0) is 34.1. The molecule has 1 aliphatic rings. The topological polar surface area (TPSA) is 141 Å². The van der Waals surface area contributed by atoms with Crippen LogP contribution in [0.25, 0.3) is 0 Å². The molecule has 0 saturated heterocycles. The summed E-state index contributed by atoms with van der Waals surface area (Å²) in [6.45, 7) is 3.01. The van der Waals surface area contributed by atoms with E-state index in [1.807, 2.05) is 6.92 Å². The number of benzene rings is 2. The molecule has 1 heterocycles. The predicted molar refractivity (Wildman–Crippen MR) is 160 cm³/mol. The van der Waals surface area contributed by atoms with Gasteiger partial charge in [-0.05, 0) is 78.4 Å². The van der Waals surface area contributed by atoms with Crippen LogP contribution in [0.15, 0.2) is 36.4 Å². The van der Waals surface area contributed by atoms with Gasteiger partial charge in [-0.2, -0.15) is 23.2 Å². The fraction of sp³-hybridized carbons (Fsp3) is 0.483. The molecule has 0 unspecified atom stereocenters. The fourth-order valence-electron chi connectivity index (χ4n) is 5.31. The van der Waals surface area contributed by atoms with Crippen molar-refractivity contribution >= 4 is 30.2 Å². The van der Waals surface area contributed by atoms with E-state index in [0.717, 1.165) is 37.8 Å². The first-order valence-electron chi connectivity index (χ1n) is 14.2. The van der Waals surface area contributed by atoms with E-state index in [1.165, 1.54) is 41.4 Å². The summed E-state index contributed by atoms with van der Waals surface area (Å²) in [6, 6.07) is 8.87. The minimum Gasteiger partial charge on any atom is -0.450 e. The largest absolute Gasteiger partial charge is 0.573 e. The van der Waals surface area contributed by atoms with Crippen molar-refractivity contribution in [1.29, 1.82) is 5.26 Å². The number of hydrogen-bond acceptors (Lipinski definition) is 8. The summed E-state index contributed by atoms with van der Waals surface area (Å²) in [4.78, 5) is 13.3. The molecule has 258 valence electrons. The Kier molecular flexibility index (Phi) is 13.9. The molecule has 1 fully saturated rings. The summed E-state index contributed by atoms with van der Waals surface area (Å²) < 4.78 is 84.3. The quantitative estimate of drug-likeness (QED) is 0.209. The van der Waals surface area contributed by atoms with Gasteiger partial charge < -0.3 is 24.7 Å². The first-order chi connectivity index (χ1) is 21.6. The van der Waals surface area contributed by atoms with Crippen LogP contribution in [0.1, 0.15) is 61.3 Å². The number of nitrogens with zero attached hydrogens (tertiary/aromatic N) is 7. The van der Waals surface area contributed by atoms with Crippen LogP contribution < -0.4 is 14.5 Å². The predicted octanol–water partition coefficient (Wildman–Crippen LogP) is 7.26. The van der Waals surface area contributed by atoms with Gasteiger partial charge in [0.2, 0.25) is 0 Å². The van der Waals surface area contributed by atoms with Crippen molar-refractivity contribution in [3.63, 3.8) is 0 Å². The molecule has 0 spiro atoms. The fourth-order valence-corrected chi connectivity index (χ4v) is 5.31. The van der Waals surface area contributed by atoms with Gasteiger partial charge in [-0.15, -0.1) is 30.7 Å². The molecular formula is C29H34ClF6N7O4. The Labute approximate surface area is 272 Å². The number of anilines is 2. The van der Waals surface area contributed by atoms with Crippen LogP contribution in [0.2, 0.25) is 0 Å². The number of halogens is 7. The normalized spacial score (nSPS) is 13.4. The summed E-state index contributed by atoms with van der Waals surface area (Å²) in [7, 11) is 1.51. The van der Waals surface area contributed by atoms with E-state index in [9.17, 15) is 31.6 Å². The highest BCUT2D eigenvalue weighted by Gasteiger charge is 2.33. The van der Waals surface area contributed by atoms with Gasteiger partial charge in [0.25, 0.3) is 5.95 Å². The molecule has 18 heteroatoms. The lowest BCUT2D eigenvalue weighted by molar-refractivity contribution is -0.274. The molecule has 0 atom stereocenters. The Morgan fingerprint density at radius 1 is 1.04 bits per heavy atom. The van der Waals surface area contributed by atoms with Gasteiger partial charge in [0.1, 0.15) is 5.75 Å². The van der Waals surface area contributed by atoms with Crippen molar-refractivity contribution in [2.45, 2.75) is 64.7 Å². The smallest absolute Gasteiger partial charge is 0.450 e. The van der Waals surface area contributed by atoms with Gasteiger partial charge in [0.05, 0.1) is 24.2 Å². The number of rotatable bonds is 10. The van der Waals surface area contributed by atoms with Crippen molar-refractivity contribution in [2.24, 2.45) is 13.0 Å². The Morgan fingerprint density at radius 2 is 1.70 bits per heavy atom. The molecule has 11 nitrogen and oxygen atoms in total. The Bertz CT molecular complexity index is 1500. The van der Waals surface area contributed by atoms with Crippen molar-refractivity contribution in [3.05, 3.63) is 58.7 Å². The Morgan fingerprint density at radius 3 is 2.23 bits per heavy atom. The monoisotopic (exact) mass is 693 g/mol. The summed E-state index contributed by atoms with van der Waals surface area (Å²) in [5.74, 6) is 0.0645. The molecule has 1 saturated carbocycles. The molecule has 1 aromatic heterocycles. The maximum Gasteiger partial charge on any atom is 0.573 e. The maximum atomic E-state index is 13.6. The number of tetrazole rings is 1. The van der Waals surface area contributed by atoms with E-state index in [-0.39, 0.29) is 42.6 Å². The summed E-state index contributed by atoms with van der Waals surface area (Å²) in [5, 5.41) is 35.3. The number of aromatic nitrogens is 4. The van der Waals surface area contributed by atoms with E-state index in [4.69, 9.17) is 15.0 Å². The third-order valence-corrected chi connectivity index (χ3v) is 7.17. The molecule has 3 aromatic rings. The molecular weight excluding hydrogens is 660 g/mol. The van der Waals surface area contributed by atoms with Crippen LogP contribution >= 0.6 is 12.4 Å². The molecule has 4 rings (SSSR count). The summed E-state index contributed by atoms with van der Waals surface area (Å²) >= 11 is 0. The number of nitriles is 1. The number of alkyl halides is 6. The second-order valence-corrected chi connectivity index (χ2v) is 10.6. The highest BCUT2D eigenvalue weighted by Crippen LogP contribution is 2.34. The van der Waals surface area contributed by atoms with Crippen LogP contribution in [-0.4, -0.2) is 56.0 Å². The lowest BCUT2D eigenvalue weighted by Crippen LogP contribution is -2.32. The van der Waals surface area contributed by atoms with Crippen LogP contribution in [0.3, 0.4) is 0 Å². The van der Waals surface area contributed by atoms with Crippen LogP contribution in [-0.2, 0) is 26.3 Å². The number of hydrogen-bond donors (Lipinski definition) is 2. The molecule has 47 heavy (non-hydrogen) atoms. The molecule has 0 bridgehead atoms. The van der Waals surface area contributed by atoms with E-state index in [2.05, 4.69) is 25.0 Å². The number of aryl methyl sites for hydroxylation is 1. The van der Waals surface area contributed by atoms with Crippen molar-refractivity contribution < 1.29 is 46.1 Å². The van der Waals surface area contributed by atoms with Crippen LogP contribution in [0.4, 0.5) is 42.8 Å². The van der Waals surface area contributed by atoms with Crippen molar-refractivity contribution in [3.8, 4) is 11.8 Å². The van der Waals surface area contributed by atoms with Crippen molar-refractivity contribution in [2.75, 3.05) is 22.9 Å². The number of carboxylic acid groups (broad SMARTS) is 2. The van der Waals surface area contributed by atoms with Crippen LogP contribution in [0, 0.1) is 17.2 Å². The third-order valence-electron chi connectivity index (χ3n) is 7.17. The second kappa shape index (κ2) is 16.9. The van der Waals surface area contributed by atoms with Gasteiger partial charge in [0, 0.05) is 31.9 Å². The lowest BCUT2D eigenvalue weighted by Gasteiger charge is -2.33. The molecule has 0 radical (unpaired) electrons. The highest BCUT2D eigenvalue weighted by atomic mass is 35.5. The van der Waals surface area contributed by atoms with Gasteiger partial charge in [-0.3, -0.25) is 0 Å². The van der Waals surface area contributed by atoms with E-state index in [0.29, 0.717) is 30.3 Å². The number of ether oxygens (including phenoxy) is 1. The molecule has 2 aromatic carbocycles. The SMILES string of the molecule is CCN(CC1CCCCC1)c1ccc(OC(F)(F)F)cc1CN(Cc1cc(C#N)cc(C(F)(F)F)c1)c1nnn(C)n1.Cl.O=C(O)O. The first-order valence-corrected chi connectivity index (χ1v) is 14.2. The van der Waals surface area contributed by atoms with Gasteiger partial charge >= 0.3 is 18.7 Å². The van der Waals surface area contributed by atoms with Gasteiger partial charge in [-0.25, -0.2) is 4.79 Å². The average Bonchev–Trinajstić information content (AvgIpc) is 3.41. The highest BCUT2D eigenvalue weighted by molar-refractivity contribution is 5.85. The lowest BCUT2D eigenvalue weighted by atomic mass is 9.88. The first kappa shape index (κ1) is 38.7. The second-order valence-electron chi connectivity index (χ2n) is 10.6. The Balaban J connectivity index is 0.00000145. The summed E-state index contributed by atoms with van der Waals surface area (Å²) in [6.07, 6.45) is -5.87. The van der Waals surface area contributed by atoms with Crippen molar-refractivity contribution in [1.82, 2.24) is 20.2 Å². The minimum atomic E-state index is -4.91. The van der Waals surface area contributed by atoms with E-state index < -0.39 is 30.0 Å². The van der Waals surface area contributed by atoms with Crippen LogP contribution in [0.5, 0.6) is 5.75 Å². The zero-order valence-electron chi connectivity index (χ0n) is 25.4. The maximum absolute atomic E-state index is 13.6. The zero-order valence-corrected chi connectivity index (χ0v) is 26.2. The van der Waals surface area contributed by atoms with E-state index >= 15 is 0 Å². The molecule has 2 N–H and O–H groups in total. The minimum absolute atomic E-state index is 0. The molecule has 1 aliphatic carbocycles. The van der Waals surface area contributed by atoms with E-state index in [1.54, 1.807) is 12.1 Å². The number of carbonyl (C=O) groups is 1. The standard InChI is InChI=1S/C28H31F6N7O.CH2O3.ClH/c1-3-40(16-19-7-5-4-6-8-19)25-10-9-24(42-28(32,33)34)14-22(25)18-41(26-36-38-39(2)37-26)17-21-11-20(15-35)12-23(13-21)27(29,30)31;2-1(3)4;/h9-14,19H,3-8,16-18H2,1-2H3;(H2,2,3,4);1H. The molecule has 0 amide bonds. The Hall–Kier alpha value is -4.46. The third kappa shape index (κ3) is 12.3. The van der Waals surface area contributed by atoms with Gasteiger partial charge in [-0.1, -0.05) is 24.4 Å². The summed E-state index contributed by atoms with van der Waals surface area (Å²) in [5.41, 5.74) is 0.0857.